The zero-order valence-corrected chi connectivity index (χ0v) is 13.6. The maximum absolute atomic E-state index is 11.8. The fourth-order valence-corrected chi connectivity index (χ4v) is 2.91. The van der Waals surface area contributed by atoms with Crippen molar-refractivity contribution in [2.45, 2.75) is 0 Å². The number of imidazole rings is 1. The Morgan fingerprint density at radius 3 is 2.88 bits per heavy atom. The van der Waals surface area contributed by atoms with Gasteiger partial charge in [-0.05, 0) is 23.6 Å². The van der Waals surface area contributed by atoms with Gasteiger partial charge in [-0.25, -0.2) is 9.78 Å². The molecule has 0 unspecified atom stereocenters. The summed E-state index contributed by atoms with van der Waals surface area (Å²) in [7, 11) is 1.76. The van der Waals surface area contributed by atoms with Gasteiger partial charge in [-0.15, -0.1) is 0 Å². The summed E-state index contributed by atoms with van der Waals surface area (Å²) in [4.78, 5) is 16.2. The third-order valence-corrected chi connectivity index (χ3v) is 4.19. The molecule has 0 fully saturated rings. The molecule has 3 rings (SSSR count). The molecule has 2 aromatic heterocycles. The van der Waals surface area contributed by atoms with Crippen molar-refractivity contribution in [3.05, 3.63) is 58.2 Å². The van der Waals surface area contributed by atoms with Crippen LogP contribution in [0.3, 0.4) is 0 Å². The monoisotopic (exact) mass is 339 g/mol. The van der Waals surface area contributed by atoms with E-state index in [2.05, 4.69) is 4.98 Å². The average molecular weight is 339 g/mol. The van der Waals surface area contributed by atoms with Crippen molar-refractivity contribution < 1.29 is 14.6 Å². The minimum absolute atomic E-state index is 0.0215. The van der Waals surface area contributed by atoms with Gasteiger partial charge in [0.15, 0.2) is 11.6 Å². The molecule has 3 aromatic rings. The number of hydrogen-bond donors (Lipinski definition) is 1. The number of esters is 1. The molecule has 24 heavy (non-hydrogen) atoms. The zero-order chi connectivity index (χ0) is 17.1. The number of ether oxygens (including phenoxy) is 1. The van der Waals surface area contributed by atoms with E-state index in [1.165, 1.54) is 11.3 Å². The lowest BCUT2D eigenvalue weighted by Gasteiger charge is -2.06. The van der Waals surface area contributed by atoms with Crippen LogP contribution >= 0.6 is 11.3 Å². The second-order valence-electron chi connectivity index (χ2n) is 5.00. The number of fused-ring (bicyclic) bond motifs is 1. The quantitative estimate of drug-likeness (QED) is 0.448. The van der Waals surface area contributed by atoms with Crippen molar-refractivity contribution in [2.75, 3.05) is 6.61 Å². The summed E-state index contributed by atoms with van der Waals surface area (Å²) in [5, 5.41) is 23.0. The number of allylic oxidation sites excluding steroid dienone is 1. The predicted molar refractivity (Wildman–Crippen MR) is 90.5 cm³/mol. The minimum Gasteiger partial charge on any atom is -0.507 e. The number of nitriles is 1. The van der Waals surface area contributed by atoms with Crippen molar-refractivity contribution >= 4 is 33.9 Å². The van der Waals surface area contributed by atoms with Gasteiger partial charge in [0, 0.05) is 12.4 Å². The Morgan fingerprint density at radius 2 is 2.21 bits per heavy atom. The molecule has 0 saturated carbocycles. The molecule has 0 amide bonds. The number of benzene rings is 1. The first-order valence-corrected chi connectivity index (χ1v) is 7.99. The third-order valence-electron chi connectivity index (χ3n) is 3.51. The lowest BCUT2D eigenvalue weighted by molar-refractivity contribution is 0.0503. The van der Waals surface area contributed by atoms with Crippen molar-refractivity contribution in [2.24, 2.45) is 7.05 Å². The number of thiophene rings is 1. The first-order valence-electron chi connectivity index (χ1n) is 7.05. The average Bonchev–Trinajstić information content (AvgIpc) is 3.23. The Balaban J connectivity index is 1.88. The van der Waals surface area contributed by atoms with Crippen LogP contribution in [-0.4, -0.2) is 27.2 Å². The van der Waals surface area contributed by atoms with E-state index >= 15 is 0 Å². The largest absolute Gasteiger partial charge is 0.507 e. The van der Waals surface area contributed by atoms with Crippen molar-refractivity contribution in [3.63, 3.8) is 0 Å². The van der Waals surface area contributed by atoms with Crippen LogP contribution < -0.4 is 0 Å². The molecular formula is C17H13N3O3S. The summed E-state index contributed by atoms with van der Waals surface area (Å²) in [6, 6.07) is 11.0. The lowest BCUT2D eigenvalue weighted by Crippen LogP contribution is -2.09. The fraction of sp³-hybridized carbons (Fsp3) is 0.118. The standard InChI is InChI=1S/C17H13N3O3S/c1-20-14-5-3-2-4-13(14)19-16(20)12(8-18)15(21)9-23-17(22)11-6-7-24-10-11/h2-7,10,21H,9H2,1H3/b15-12-. The Kier molecular flexibility index (Phi) is 4.31. The number of carbonyl (C=O) groups excluding carboxylic acids is 1. The molecule has 120 valence electrons. The second kappa shape index (κ2) is 6.56. The SMILES string of the molecule is Cn1c(/C(C#N)=C(\O)COC(=O)c2ccsc2)nc2ccccc21. The van der Waals surface area contributed by atoms with E-state index in [1.807, 2.05) is 30.3 Å². The molecule has 1 N–H and O–H groups in total. The van der Waals surface area contributed by atoms with Crippen LogP contribution in [0, 0.1) is 11.3 Å². The van der Waals surface area contributed by atoms with E-state index in [9.17, 15) is 15.2 Å². The highest BCUT2D eigenvalue weighted by molar-refractivity contribution is 7.08. The predicted octanol–water partition coefficient (Wildman–Crippen LogP) is 3.28. The van der Waals surface area contributed by atoms with Gasteiger partial charge in [0.05, 0.1) is 16.6 Å². The van der Waals surface area contributed by atoms with E-state index in [0.717, 1.165) is 5.52 Å². The van der Waals surface area contributed by atoms with Crippen LogP contribution in [0.1, 0.15) is 16.2 Å². The number of rotatable bonds is 4. The molecule has 0 radical (unpaired) electrons. The number of aromatic nitrogens is 2. The lowest BCUT2D eigenvalue weighted by atomic mass is 10.2. The summed E-state index contributed by atoms with van der Waals surface area (Å²) in [6.45, 7) is -0.388. The molecule has 0 spiro atoms. The van der Waals surface area contributed by atoms with Crippen LogP contribution in [0.15, 0.2) is 46.9 Å². The Labute approximate surface area is 141 Å². The highest BCUT2D eigenvalue weighted by Gasteiger charge is 2.17. The fourth-order valence-electron chi connectivity index (χ4n) is 2.28. The van der Waals surface area contributed by atoms with E-state index in [1.54, 1.807) is 28.4 Å². The zero-order valence-electron chi connectivity index (χ0n) is 12.8. The van der Waals surface area contributed by atoms with Gasteiger partial charge in [0.25, 0.3) is 0 Å². The highest BCUT2D eigenvalue weighted by Crippen LogP contribution is 2.22. The van der Waals surface area contributed by atoms with Crippen LogP contribution in [-0.2, 0) is 11.8 Å². The van der Waals surface area contributed by atoms with Gasteiger partial charge in [0.1, 0.15) is 18.2 Å². The normalized spacial score (nSPS) is 11.8. The molecule has 0 aliphatic heterocycles. The number of hydrogen-bond acceptors (Lipinski definition) is 6. The van der Waals surface area contributed by atoms with Crippen molar-refractivity contribution in [1.29, 1.82) is 5.26 Å². The van der Waals surface area contributed by atoms with Gasteiger partial charge in [0.2, 0.25) is 0 Å². The maximum atomic E-state index is 11.8. The molecule has 0 aliphatic carbocycles. The van der Waals surface area contributed by atoms with Gasteiger partial charge < -0.3 is 14.4 Å². The van der Waals surface area contributed by atoms with E-state index in [0.29, 0.717) is 16.9 Å². The first-order chi connectivity index (χ1) is 11.6. The van der Waals surface area contributed by atoms with Crippen molar-refractivity contribution in [3.8, 4) is 6.07 Å². The summed E-state index contributed by atoms with van der Waals surface area (Å²) >= 11 is 1.37. The molecule has 2 heterocycles. The Hall–Kier alpha value is -3.11. The minimum atomic E-state index is -0.551. The molecule has 1 aromatic carbocycles. The highest BCUT2D eigenvalue weighted by atomic mass is 32.1. The number of nitrogens with zero attached hydrogens (tertiary/aromatic N) is 3. The first kappa shape index (κ1) is 15.8. The van der Waals surface area contributed by atoms with Crippen LogP contribution in [0.25, 0.3) is 16.6 Å². The van der Waals surface area contributed by atoms with Crippen LogP contribution in [0.2, 0.25) is 0 Å². The molecule has 0 saturated heterocycles. The van der Waals surface area contributed by atoms with Gasteiger partial charge in [-0.1, -0.05) is 12.1 Å². The Morgan fingerprint density at radius 1 is 1.42 bits per heavy atom. The second-order valence-corrected chi connectivity index (χ2v) is 5.78. The number of aliphatic hydroxyl groups excluding tert-OH is 1. The van der Waals surface area contributed by atoms with Crippen molar-refractivity contribution in [1.82, 2.24) is 9.55 Å². The maximum Gasteiger partial charge on any atom is 0.339 e. The molecule has 6 nitrogen and oxygen atoms in total. The summed E-state index contributed by atoms with van der Waals surface area (Å²) < 4.78 is 6.75. The van der Waals surface area contributed by atoms with Gasteiger partial charge in [-0.2, -0.15) is 16.6 Å². The molecule has 0 aliphatic rings. The van der Waals surface area contributed by atoms with Gasteiger partial charge in [-0.3, -0.25) is 0 Å². The van der Waals surface area contributed by atoms with E-state index in [-0.39, 0.29) is 17.9 Å². The van der Waals surface area contributed by atoms with E-state index < -0.39 is 5.97 Å². The summed E-state index contributed by atoms with van der Waals surface area (Å²) in [6.07, 6.45) is 0. The number of aliphatic hydroxyl groups is 1. The van der Waals surface area contributed by atoms with Crippen LogP contribution in [0.4, 0.5) is 0 Å². The van der Waals surface area contributed by atoms with Gasteiger partial charge >= 0.3 is 5.97 Å². The van der Waals surface area contributed by atoms with E-state index in [4.69, 9.17) is 4.74 Å². The summed E-state index contributed by atoms with van der Waals surface area (Å²) in [5.41, 5.74) is 1.94. The summed E-state index contributed by atoms with van der Waals surface area (Å²) in [5.74, 6) is -0.563. The number of para-hydroxylation sites is 2. The smallest absolute Gasteiger partial charge is 0.339 e. The Bertz CT molecular complexity index is 965. The number of carbonyl (C=O) groups is 1. The molecule has 0 bridgehead atoms. The molecule has 7 heteroatoms. The van der Waals surface area contributed by atoms with Crippen LogP contribution in [0.5, 0.6) is 0 Å². The third kappa shape index (κ3) is 2.87. The topological polar surface area (TPSA) is 88.1 Å². The molecule has 0 atom stereocenters. The number of aryl methyl sites for hydroxylation is 1. The molecular weight excluding hydrogens is 326 g/mol.